The van der Waals surface area contributed by atoms with Crippen molar-refractivity contribution in [2.75, 3.05) is 6.54 Å². The second-order valence-electron chi connectivity index (χ2n) is 8.12. The molecule has 1 aromatic heterocycles. The Bertz CT molecular complexity index is 922. The number of carbonyl (C=O) groups excluding carboxylic acids is 1. The molecule has 2 atom stereocenters. The third-order valence-corrected chi connectivity index (χ3v) is 5.50. The maximum atomic E-state index is 12.6. The summed E-state index contributed by atoms with van der Waals surface area (Å²) in [5.74, 6) is 0.426. The van der Waals surface area contributed by atoms with Gasteiger partial charge in [-0.1, -0.05) is 75.3 Å². The highest BCUT2D eigenvalue weighted by atomic mass is 16.5. The fourth-order valence-corrected chi connectivity index (χ4v) is 3.67. The van der Waals surface area contributed by atoms with Crippen molar-refractivity contribution in [3.8, 4) is 11.1 Å². The predicted octanol–water partition coefficient (Wildman–Crippen LogP) is 5.03. The standard InChI is InChI=1S/C25H32N2O3/c1-5-13-26-15-17-7-9-18(10-8-17)23-24(21(28)6-2)27-30-25(23)20-14-19(16(3)4)11-12-22(20)29/h7-12,14,16,20,22,26,29H,5-6,13,15H2,1-4H3. The zero-order chi connectivity index (χ0) is 21.7. The zero-order valence-corrected chi connectivity index (χ0v) is 18.3. The van der Waals surface area contributed by atoms with E-state index in [1.165, 1.54) is 5.56 Å². The number of allylic oxidation sites excluding steroid dienone is 2. The molecule has 0 amide bonds. The second kappa shape index (κ2) is 10.0. The maximum Gasteiger partial charge on any atom is 0.185 e. The summed E-state index contributed by atoms with van der Waals surface area (Å²) in [5.41, 5.74) is 4.22. The van der Waals surface area contributed by atoms with Gasteiger partial charge in [0.2, 0.25) is 0 Å². The lowest BCUT2D eigenvalue weighted by Gasteiger charge is -2.22. The topological polar surface area (TPSA) is 75.4 Å². The summed E-state index contributed by atoms with van der Waals surface area (Å²) in [6.07, 6.45) is 6.49. The van der Waals surface area contributed by atoms with Crippen LogP contribution in [0.1, 0.15) is 68.3 Å². The van der Waals surface area contributed by atoms with Crippen molar-refractivity contribution in [2.45, 2.75) is 59.1 Å². The van der Waals surface area contributed by atoms with Gasteiger partial charge in [-0.15, -0.1) is 0 Å². The summed E-state index contributed by atoms with van der Waals surface area (Å²) >= 11 is 0. The van der Waals surface area contributed by atoms with Crippen molar-refractivity contribution < 1.29 is 14.4 Å². The van der Waals surface area contributed by atoms with Crippen molar-refractivity contribution in [3.05, 3.63) is 65.1 Å². The Hall–Kier alpha value is -2.50. The van der Waals surface area contributed by atoms with Gasteiger partial charge in [0.25, 0.3) is 0 Å². The molecule has 2 unspecified atom stereocenters. The van der Waals surface area contributed by atoms with E-state index in [9.17, 15) is 9.90 Å². The van der Waals surface area contributed by atoms with E-state index < -0.39 is 6.10 Å². The molecule has 0 aliphatic heterocycles. The lowest BCUT2D eigenvalue weighted by Crippen LogP contribution is -2.19. The van der Waals surface area contributed by atoms with E-state index in [-0.39, 0.29) is 11.7 Å². The molecule has 2 N–H and O–H groups in total. The lowest BCUT2D eigenvalue weighted by atomic mass is 9.84. The zero-order valence-electron chi connectivity index (χ0n) is 18.3. The summed E-state index contributed by atoms with van der Waals surface area (Å²) in [4.78, 5) is 12.6. The number of hydrogen-bond acceptors (Lipinski definition) is 5. The van der Waals surface area contributed by atoms with Crippen LogP contribution < -0.4 is 5.32 Å². The molecule has 1 heterocycles. The van der Waals surface area contributed by atoms with Crippen molar-refractivity contribution in [1.29, 1.82) is 0 Å². The van der Waals surface area contributed by atoms with Crippen LogP contribution in [0.4, 0.5) is 0 Å². The number of nitrogens with one attached hydrogen (secondary N) is 1. The summed E-state index contributed by atoms with van der Waals surface area (Å²) in [6.45, 7) is 9.97. The molecule has 0 spiro atoms. The van der Waals surface area contributed by atoms with E-state index >= 15 is 0 Å². The lowest BCUT2D eigenvalue weighted by molar-refractivity contribution is 0.0979. The number of Topliss-reactive ketones (excluding diaryl/α,β-unsaturated/α-hetero) is 1. The van der Waals surface area contributed by atoms with E-state index in [1.54, 1.807) is 6.08 Å². The molecule has 0 saturated heterocycles. The first kappa shape index (κ1) is 22.2. The molecule has 0 fully saturated rings. The van der Waals surface area contributed by atoms with Gasteiger partial charge in [-0.25, -0.2) is 0 Å². The average Bonchev–Trinajstić information content (AvgIpc) is 3.19. The minimum Gasteiger partial charge on any atom is -0.388 e. The highest BCUT2D eigenvalue weighted by molar-refractivity contribution is 6.00. The molecule has 2 aromatic rings. The van der Waals surface area contributed by atoms with Crippen molar-refractivity contribution in [2.24, 2.45) is 5.92 Å². The molecule has 3 rings (SSSR count). The number of carbonyl (C=O) groups is 1. The first-order chi connectivity index (χ1) is 14.5. The van der Waals surface area contributed by atoms with Crippen LogP contribution >= 0.6 is 0 Å². The summed E-state index contributed by atoms with van der Waals surface area (Å²) in [7, 11) is 0. The van der Waals surface area contributed by atoms with Gasteiger partial charge in [-0.05, 0) is 35.6 Å². The molecule has 160 valence electrons. The van der Waals surface area contributed by atoms with Gasteiger partial charge in [0, 0.05) is 13.0 Å². The van der Waals surface area contributed by atoms with Crippen LogP contribution in [0.15, 0.2) is 52.6 Å². The number of aromatic nitrogens is 1. The normalized spacial score (nSPS) is 18.7. The van der Waals surface area contributed by atoms with E-state index in [4.69, 9.17) is 4.52 Å². The Morgan fingerprint density at radius 2 is 1.97 bits per heavy atom. The smallest absolute Gasteiger partial charge is 0.185 e. The third-order valence-electron chi connectivity index (χ3n) is 5.50. The van der Waals surface area contributed by atoms with Gasteiger partial charge >= 0.3 is 0 Å². The van der Waals surface area contributed by atoms with Crippen molar-refractivity contribution in [3.63, 3.8) is 0 Å². The molecule has 0 bridgehead atoms. The van der Waals surface area contributed by atoms with Crippen LogP contribution in [0.25, 0.3) is 11.1 Å². The van der Waals surface area contributed by atoms with Crippen LogP contribution in [0, 0.1) is 5.92 Å². The number of hydrogen-bond donors (Lipinski definition) is 2. The van der Waals surface area contributed by atoms with Crippen molar-refractivity contribution >= 4 is 5.78 Å². The highest BCUT2D eigenvalue weighted by Gasteiger charge is 2.31. The molecule has 1 aliphatic rings. The number of ketones is 1. The van der Waals surface area contributed by atoms with E-state index in [0.717, 1.165) is 30.6 Å². The van der Waals surface area contributed by atoms with Gasteiger partial charge in [0.05, 0.1) is 17.6 Å². The molecule has 0 radical (unpaired) electrons. The molecule has 1 aliphatic carbocycles. The second-order valence-corrected chi connectivity index (χ2v) is 8.12. The van der Waals surface area contributed by atoms with Crippen LogP contribution in [0.3, 0.4) is 0 Å². The number of rotatable bonds is 9. The summed E-state index contributed by atoms with van der Waals surface area (Å²) in [5, 5.41) is 18.2. The Balaban J connectivity index is 2.02. The fourth-order valence-electron chi connectivity index (χ4n) is 3.67. The maximum absolute atomic E-state index is 12.6. The Kier molecular flexibility index (Phi) is 7.40. The van der Waals surface area contributed by atoms with E-state index in [0.29, 0.717) is 29.4 Å². The predicted molar refractivity (Wildman–Crippen MR) is 119 cm³/mol. The van der Waals surface area contributed by atoms with Crippen molar-refractivity contribution in [1.82, 2.24) is 10.5 Å². The minimum absolute atomic E-state index is 0.0670. The fraction of sp³-hybridized carbons (Fsp3) is 0.440. The highest BCUT2D eigenvalue weighted by Crippen LogP contribution is 2.38. The van der Waals surface area contributed by atoms with Gasteiger partial charge < -0.3 is 14.9 Å². The number of benzene rings is 1. The number of aliphatic hydroxyl groups is 1. The van der Waals surface area contributed by atoms with Crippen LogP contribution in [-0.2, 0) is 6.54 Å². The Morgan fingerprint density at radius 1 is 1.23 bits per heavy atom. The first-order valence-electron chi connectivity index (χ1n) is 10.9. The average molecular weight is 409 g/mol. The molecule has 30 heavy (non-hydrogen) atoms. The SMILES string of the molecule is CCCNCc1ccc(-c2c(C(=O)CC)noc2C2C=C(C(C)C)C=CC2O)cc1. The monoisotopic (exact) mass is 408 g/mol. The van der Waals surface area contributed by atoms with Gasteiger partial charge in [-0.3, -0.25) is 4.79 Å². The Morgan fingerprint density at radius 3 is 2.60 bits per heavy atom. The molecule has 1 aromatic carbocycles. The molecule has 0 saturated carbocycles. The molecular formula is C25H32N2O3. The summed E-state index contributed by atoms with van der Waals surface area (Å²) in [6, 6.07) is 8.12. The van der Waals surface area contributed by atoms with Crippen LogP contribution in [-0.4, -0.2) is 28.7 Å². The molecule has 5 nitrogen and oxygen atoms in total. The number of aliphatic hydroxyl groups excluding tert-OH is 1. The molecule has 5 heteroatoms. The third kappa shape index (κ3) is 4.79. The number of nitrogens with zero attached hydrogens (tertiary/aromatic N) is 1. The quantitative estimate of drug-likeness (QED) is 0.450. The van der Waals surface area contributed by atoms with Gasteiger partial charge in [-0.2, -0.15) is 0 Å². The van der Waals surface area contributed by atoms with Crippen LogP contribution in [0.2, 0.25) is 0 Å². The Labute approximate surface area is 178 Å². The van der Waals surface area contributed by atoms with Gasteiger partial charge in [0.1, 0.15) is 0 Å². The minimum atomic E-state index is -0.721. The van der Waals surface area contributed by atoms with Crippen LogP contribution in [0.5, 0.6) is 0 Å². The van der Waals surface area contributed by atoms with Gasteiger partial charge in [0.15, 0.2) is 17.2 Å². The molecular weight excluding hydrogens is 376 g/mol. The largest absolute Gasteiger partial charge is 0.388 e. The van der Waals surface area contributed by atoms with E-state index in [1.807, 2.05) is 31.2 Å². The van der Waals surface area contributed by atoms with E-state index in [2.05, 4.69) is 43.4 Å². The summed E-state index contributed by atoms with van der Waals surface area (Å²) < 4.78 is 5.70. The first-order valence-corrected chi connectivity index (χ1v) is 10.9.